The van der Waals surface area contributed by atoms with E-state index in [0.29, 0.717) is 16.4 Å². The molecular formula is C20H21IN2O3S. The smallest absolute Gasteiger partial charge is 0.260 e. The minimum absolute atomic E-state index is 0.109. The Morgan fingerprint density at radius 1 is 1.22 bits per heavy atom. The molecule has 2 N–H and O–H groups in total. The van der Waals surface area contributed by atoms with Gasteiger partial charge in [0.15, 0.2) is 17.0 Å². The molecule has 0 bridgehead atoms. The minimum Gasteiger partial charge on any atom is -0.493 e. The molecule has 7 heteroatoms. The third kappa shape index (κ3) is 4.70. The first-order valence-electron chi connectivity index (χ1n) is 8.50. The van der Waals surface area contributed by atoms with E-state index in [1.165, 1.54) is 17.3 Å². The summed E-state index contributed by atoms with van der Waals surface area (Å²) in [4.78, 5) is 13.0. The number of rotatable bonds is 6. The predicted octanol–water partition coefficient (Wildman–Crippen LogP) is 4.47. The summed E-state index contributed by atoms with van der Waals surface area (Å²) < 4.78 is 11.9. The van der Waals surface area contributed by atoms with Crippen molar-refractivity contribution in [2.75, 3.05) is 19.5 Å². The molecular weight excluding hydrogens is 475 g/mol. The molecule has 0 aromatic heterocycles. The molecule has 1 saturated heterocycles. The molecule has 5 nitrogen and oxygen atoms in total. The van der Waals surface area contributed by atoms with Crippen LogP contribution in [0.3, 0.4) is 0 Å². The van der Waals surface area contributed by atoms with E-state index in [4.69, 9.17) is 9.47 Å². The van der Waals surface area contributed by atoms with Gasteiger partial charge < -0.3 is 20.1 Å². The topological polar surface area (TPSA) is 59.6 Å². The molecule has 1 aliphatic heterocycles. The Labute approximate surface area is 177 Å². The van der Waals surface area contributed by atoms with Crippen molar-refractivity contribution in [2.45, 2.75) is 18.8 Å². The molecule has 1 heterocycles. The second-order valence-electron chi connectivity index (χ2n) is 5.91. The fourth-order valence-electron chi connectivity index (χ4n) is 2.76. The monoisotopic (exact) mass is 496 g/mol. The number of benzene rings is 2. The van der Waals surface area contributed by atoms with Crippen molar-refractivity contribution >= 4 is 52.0 Å². The summed E-state index contributed by atoms with van der Waals surface area (Å²) in [6.45, 7) is 2.13. The molecule has 0 spiro atoms. The number of aryl methyl sites for hydroxylation is 1. The van der Waals surface area contributed by atoms with Crippen molar-refractivity contribution in [2.24, 2.45) is 0 Å². The van der Waals surface area contributed by atoms with Crippen LogP contribution in [-0.4, -0.2) is 25.6 Å². The molecule has 142 valence electrons. The first kappa shape index (κ1) is 19.9. The van der Waals surface area contributed by atoms with Gasteiger partial charge in [0, 0.05) is 14.8 Å². The van der Waals surface area contributed by atoms with E-state index in [-0.39, 0.29) is 11.4 Å². The zero-order valence-electron chi connectivity index (χ0n) is 15.3. The summed E-state index contributed by atoms with van der Waals surface area (Å²) in [6.07, 6.45) is 2.84. The first-order chi connectivity index (χ1) is 13.0. The summed E-state index contributed by atoms with van der Waals surface area (Å²) in [5.41, 5.74) is 2.85. The van der Waals surface area contributed by atoms with Gasteiger partial charge >= 0.3 is 0 Å². The van der Waals surface area contributed by atoms with Gasteiger partial charge in [-0.3, -0.25) is 4.79 Å². The fraction of sp³-hybridized carbons (Fsp3) is 0.250. The number of nitrogens with one attached hydrogen (secondary N) is 2. The normalized spacial score (nSPS) is 17.7. The summed E-state index contributed by atoms with van der Waals surface area (Å²) in [6, 6.07) is 12.1. The lowest BCUT2D eigenvalue weighted by Crippen LogP contribution is -2.30. The zero-order chi connectivity index (χ0) is 19.4. The van der Waals surface area contributed by atoms with Gasteiger partial charge in [-0.2, -0.15) is 0 Å². The lowest BCUT2D eigenvalue weighted by atomic mass is 10.1. The lowest BCUT2D eigenvalue weighted by molar-refractivity contribution is -0.116. The van der Waals surface area contributed by atoms with Crippen molar-refractivity contribution in [1.82, 2.24) is 5.32 Å². The zero-order valence-corrected chi connectivity index (χ0v) is 18.3. The molecule has 0 saturated carbocycles. The second-order valence-corrected chi connectivity index (χ2v) is 8.30. The van der Waals surface area contributed by atoms with Gasteiger partial charge in [-0.15, -0.1) is 0 Å². The van der Waals surface area contributed by atoms with E-state index >= 15 is 0 Å². The van der Waals surface area contributed by atoms with Crippen LogP contribution >= 0.6 is 34.4 Å². The van der Waals surface area contributed by atoms with E-state index in [0.717, 1.165) is 21.2 Å². The van der Waals surface area contributed by atoms with E-state index in [1.807, 2.05) is 30.3 Å². The van der Waals surface area contributed by atoms with E-state index < -0.39 is 0 Å². The highest BCUT2D eigenvalue weighted by molar-refractivity contribution is 14.1. The van der Waals surface area contributed by atoms with Gasteiger partial charge in [0.25, 0.3) is 5.91 Å². The number of hydrogen-bond donors (Lipinski definition) is 2. The van der Waals surface area contributed by atoms with Gasteiger partial charge in [0.05, 0.1) is 19.1 Å². The van der Waals surface area contributed by atoms with Gasteiger partial charge in [-0.05, 0) is 64.9 Å². The van der Waals surface area contributed by atoms with Crippen molar-refractivity contribution < 1.29 is 14.3 Å². The summed E-state index contributed by atoms with van der Waals surface area (Å²) >= 11 is 3.67. The van der Waals surface area contributed by atoms with E-state index in [9.17, 15) is 4.79 Å². The molecule has 1 amide bonds. The summed E-state index contributed by atoms with van der Waals surface area (Å²) in [5, 5.41) is 6.29. The minimum atomic E-state index is -0.216. The molecule has 1 aliphatic rings. The Morgan fingerprint density at radius 2 is 1.96 bits per heavy atom. The number of carbonyl (C=O) groups is 1. The highest BCUT2D eigenvalue weighted by Gasteiger charge is 2.27. The molecule has 2 aromatic carbocycles. The van der Waals surface area contributed by atoms with Crippen LogP contribution in [0.4, 0.5) is 5.69 Å². The average molecular weight is 496 g/mol. The Morgan fingerprint density at radius 3 is 2.59 bits per heavy atom. The Balaban J connectivity index is 1.80. The van der Waals surface area contributed by atoms with Crippen LogP contribution in [0.5, 0.6) is 11.5 Å². The predicted molar refractivity (Wildman–Crippen MR) is 119 cm³/mol. The number of thioether (sulfide) groups is 1. The van der Waals surface area contributed by atoms with Gasteiger partial charge in [0.2, 0.25) is 0 Å². The third-order valence-electron chi connectivity index (χ3n) is 4.15. The largest absolute Gasteiger partial charge is 0.493 e. The second kappa shape index (κ2) is 8.88. The number of anilines is 1. The van der Waals surface area contributed by atoms with Crippen molar-refractivity contribution in [3.63, 3.8) is 0 Å². The molecule has 2 aromatic rings. The van der Waals surface area contributed by atoms with Crippen LogP contribution < -0.4 is 20.1 Å². The number of hydrogen-bond acceptors (Lipinski definition) is 5. The van der Waals surface area contributed by atoms with Gasteiger partial charge in [-0.25, -0.2) is 0 Å². The van der Waals surface area contributed by atoms with Gasteiger partial charge in [-0.1, -0.05) is 30.8 Å². The molecule has 0 aliphatic carbocycles. The molecule has 0 radical (unpaired) electrons. The maximum Gasteiger partial charge on any atom is 0.260 e. The SMILES string of the molecule is CCc1ccc(N[C@H]2NC(=O)/C(=C/c3cc(I)cc(OC)c3OC)S2)cc1. The highest BCUT2D eigenvalue weighted by atomic mass is 127. The Kier molecular flexibility index (Phi) is 6.54. The number of ether oxygens (including phenoxy) is 2. The van der Waals surface area contributed by atoms with Crippen molar-refractivity contribution in [1.29, 1.82) is 0 Å². The summed E-state index contributed by atoms with van der Waals surface area (Å²) in [7, 11) is 3.20. The first-order valence-corrected chi connectivity index (χ1v) is 10.5. The average Bonchev–Trinajstić information content (AvgIpc) is 3.00. The molecule has 1 fully saturated rings. The van der Waals surface area contributed by atoms with Crippen molar-refractivity contribution in [3.8, 4) is 11.5 Å². The Bertz CT molecular complexity index is 868. The lowest BCUT2D eigenvalue weighted by Gasteiger charge is -2.13. The Hall–Kier alpha value is -1.87. The van der Waals surface area contributed by atoms with Crippen LogP contribution in [0, 0.1) is 3.57 Å². The van der Waals surface area contributed by atoms with Crippen LogP contribution in [0.15, 0.2) is 41.3 Å². The highest BCUT2D eigenvalue weighted by Crippen LogP contribution is 2.37. The summed E-state index contributed by atoms with van der Waals surface area (Å²) in [5.74, 6) is 1.15. The quantitative estimate of drug-likeness (QED) is 0.457. The maximum absolute atomic E-state index is 12.4. The van der Waals surface area contributed by atoms with E-state index in [2.05, 4.69) is 52.3 Å². The number of halogens is 1. The molecule has 3 rings (SSSR count). The molecule has 27 heavy (non-hydrogen) atoms. The van der Waals surface area contributed by atoms with Crippen molar-refractivity contribution in [3.05, 3.63) is 56.0 Å². The standard InChI is InChI=1S/C20H21IN2O3S/c1-4-12-5-7-15(8-6-12)22-20-23-19(24)17(27-20)10-13-9-14(21)11-16(25-2)18(13)26-3/h5-11,20,22H,4H2,1-3H3,(H,23,24)/b17-10-/t20-/m0/s1. The number of methoxy groups -OCH3 is 2. The number of amides is 1. The fourth-order valence-corrected chi connectivity index (χ4v) is 4.35. The van der Waals surface area contributed by atoms with Crippen LogP contribution in [-0.2, 0) is 11.2 Å². The van der Waals surface area contributed by atoms with Crippen LogP contribution in [0.2, 0.25) is 0 Å². The van der Waals surface area contributed by atoms with E-state index in [1.54, 1.807) is 14.2 Å². The van der Waals surface area contributed by atoms with Gasteiger partial charge in [0.1, 0.15) is 0 Å². The molecule has 1 atom stereocenters. The van der Waals surface area contributed by atoms with Crippen LogP contribution in [0.25, 0.3) is 6.08 Å². The molecule has 0 unspecified atom stereocenters. The maximum atomic E-state index is 12.4. The third-order valence-corrected chi connectivity index (χ3v) is 5.80. The number of carbonyl (C=O) groups excluding carboxylic acids is 1. The van der Waals surface area contributed by atoms with Crippen LogP contribution in [0.1, 0.15) is 18.1 Å².